The molecule has 2 rings (SSSR count). The van der Waals surface area contributed by atoms with Crippen molar-refractivity contribution in [3.8, 4) is 0 Å². The summed E-state index contributed by atoms with van der Waals surface area (Å²) in [7, 11) is -3.87. The van der Waals surface area contributed by atoms with Gasteiger partial charge in [-0.2, -0.15) is 4.31 Å². The second-order valence-electron chi connectivity index (χ2n) is 4.76. The highest BCUT2D eigenvalue weighted by Crippen LogP contribution is 2.30. The first-order valence-corrected chi connectivity index (χ1v) is 8.14. The minimum Gasteiger partial charge on any atom is -0.369 e. The van der Waals surface area contributed by atoms with Crippen molar-refractivity contribution in [3.63, 3.8) is 0 Å². The molecule has 0 aromatic carbocycles. The predicted molar refractivity (Wildman–Crippen MR) is 74.6 cm³/mol. The van der Waals surface area contributed by atoms with Crippen LogP contribution < -0.4 is 5.73 Å². The first-order chi connectivity index (χ1) is 9.43. The van der Waals surface area contributed by atoms with Crippen LogP contribution in [-0.2, 0) is 14.8 Å². The molecule has 1 fully saturated rings. The number of primary amides is 1. The number of hydrogen-bond acceptors (Lipinski definition) is 4. The molecular weight excluding hydrogens is 302 g/mol. The molecular formula is C12H16ClN3O3S. The van der Waals surface area contributed by atoms with Crippen LogP contribution in [0.3, 0.4) is 0 Å². The Morgan fingerprint density at radius 3 is 2.65 bits per heavy atom. The number of rotatable bonds is 5. The Morgan fingerprint density at radius 1 is 1.45 bits per heavy atom. The fraction of sp³-hybridized carbons (Fsp3) is 0.500. The van der Waals surface area contributed by atoms with Gasteiger partial charge in [0.25, 0.3) is 0 Å². The summed E-state index contributed by atoms with van der Waals surface area (Å²) in [6, 6.07) is 1.20. The minimum atomic E-state index is -3.87. The number of hydrogen-bond donors (Lipinski definition) is 1. The largest absolute Gasteiger partial charge is 0.369 e. The van der Waals surface area contributed by atoms with Gasteiger partial charge >= 0.3 is 0 Å². The highest BCUT2D eigenvalue weighted by molar-refractivity contribution is 7.89. The van der Waals surface area contributed by atoms with Crippen molar-refractivity contribution in [1.29, 1.82) is 0 Å². The molecule has 0 atom stereocenters. The van der Waals surface area contributed by atoms with Gasteiger partial charge in [-0.15, -0.1) is 0 Å². The van der Waals surface area contributed by atoms with Crippen LogP contribution in [0.1, 0.15) is 25.7 Å². The van der Waals surface area contributed by atoms with Crippen molar-refractivity contribution in [2.75, 3.05) is 6.54 Å². The minimum absolute atomic E-state index is 0.0881. The molecule has 0 unspecified atom stereocenters. The van der Waals surface area contributed by atoms with E-state index in [1.54, 1.807) is 0 Å². The molecule has 1 aliphatic rings. The molecule has 0 saturated heterocycles. The number of amides is 1. The van der Waals surface area contributed by atoms with Gasteiger partial charge in [-0.25, -0.2) is 8.42 Å². The zero-order chi connectivity index (χ0) is 14.8. The first-order valence-electron chi connectivity index (χ1n) is 6.32. The maximum absolute atomic E-state index is 12.7. The lowest BCUT2D eigenvalue weighted by atomic mass is 10.2. The van der Waals surface area contributed by atoms with E-state index >= 15 is 0 Å². The molecule has 0 bridgehead atoms. The summed E-state index contributed by atoms with van der Waals surface area (Å²) in [5, 5.41) is 0.0902. The monoisotopic (exact) mass is 317 g/mol. The van der Waals surface area contributed by atoms with Crippen LogP contribution in [0.4, 0.5) is 0 Å². The third kappa shape index (κ3) is 3.11. The molecule has 0 aliphatic heterocycles. The lowest BCUT2D eigenvalue weighted by Crippen LogP contribution is -2.44. The van der Waals surface area contributed by atoms with Gasteiger partial charge < -0.3 is 5.73 Å². The lowest BCUT2D eigenvalue weighted by molar-refractivity contribution is -0.118. The van der Waals surface area contributed by atoms with Gasteiger partial charge in [-0.3, -0.25) is 9.78 Å². The zero-order valence-electron chi connectivity index (χ0n) is 10.8. The molecule has 8 heteroatoms. The highest BCUT2D eigenvalue weighted by atomic mass is 35.5. The van der Waals surface area contributed by atoms with Crippen LogP contribution in [0.5, 0.6) is 0 Å². The number of carbonyl (C=O) groups is 1. The van der Waals surface area contributed by atoms with Crippen LogP contribution in [0.25, 0.3) is 0 Å². The summed E-state index contributed by atoms with van der Waals surface area (Å²) in [5.74, 6) is -0.680. The molecule has 0 radical (unpaired) electrons. The molecule has 2 N–H and O–H groups in total. The van der Waals surface area contributed by atoms with E-state index in [9.17, 15) is 13.2 Å². The predicted octanol–water partition coefficient (Wildman–Crippen LogP) is 1.15. The molecule has 1 aromatic heterocycles. The fourth-order valence-electron chi connectivity index (χ4n) is 2.44. The van der Waals surface area contributed by atoms with Gasteiger partial charge in [0.15, 0.2) is 0 Å². The van der Waals surface area contributed by atoms with E-state index in [2.05, 4.69) is 4.98 Å². The Balaban J connectivity index is 2.41. The van der Waals surface area contributed by atoms with Crippen molar-refractivity contribution in [2.24, 2.45) is 5.73 Å². The number of aromatic nitrogens is 1. The van der Waals surface area contributed by atoms with E-state index in [0.717, 1.165) is 30.0 Å². The van der Waals surface area contributed by atoms with E-state index in [4.69, 9.17) is 17.3 Å². The number of carbonyl (C=O) groups excluding carboxylic acids is 1. The highest BCUT2D eigenvalue weighted by Gasteiger charge is 2.35. The molecule has 1 heterocycles. The standard InChI is InChI=1S/C12H16ClN3O3S/c13-10-5-6-15-7-11(10)20(18,19)16(8-12(14)17)9-3-1-2-4-9/h5-7,9H,1-4,8H2,(H2,14,17). The second-order valence-corrected chi connectivity index (χ2v) is 7.03. The normalized spacial score (nSPS) is 16.7. The van der Waals surface area contributed by atoms with E-state index in [-0.39, 0.29) is 22.5 Å². The maximum atomic E-state index is 12.7. The summed E-state index contributed by atoms with van der Waals surface area (Å²) >= 11 is 5.93. The summed E-state index contributed by atoms with van der Waals surface area (Å²) in [6.07, 6.45) is 5.94. The van der Waals surface area contributed by atoms with Gasteiger partial charge in [0.2, 0.25) is 15.9 Å². The third-order valence-corrected chi connectivity index (χ3v) is 5.73. The fourth-order valence-corrected chi connectivity index (χ4v) is 4.49. The molecule has 0 spiro atoms. The maximum Gasteiger partial charge on any atom is 0.246 e. The number of nitrogens with two attached hydrogens (primary N) is 1. The Bertz CT molecular complexity index is 600. The lowest BCUT2D eigenvalue weighted by Gasteiger charge is -2.27. The molecule has 6 nitrogen and oxygen atoms in total. The molecule has 110 valence electrons. The third-order valence-electron chi connectivity index (χ3n) is 3.36. The van der Waals surface area contributed by atoms with Crippen molar-refractivity contribution in [1.82, 2.24) is 9.29 Å². The Labute approximate surface area is 123 Å². The number of halogens is 1. The van der Waals surface area contributed by atoms with Crippen molar-refractivity contribution in [3.05, 3.63) is 23.5 Å². The van der Waals surface area contributed by atoms with Crippen LogP contribution in [0.2, 0.25) is 5.02 Å². The van der Waals surface area contributed by atoms with E-state index in [0.29, 0.717) is 0 Å². The van der Waals surface area contributed by atoms with Gasteiger partial charge in [0.05, 0.1) is 11.6 Å². The Hall–Kier alpha value is -1.18. The van der Waals surface area contributed by atoms with E-state index in [1.165, 1.54) is 18.5 Å². The summed E-state index contributed by atoms with van der Waals surface area (Å²) in [5.41, 5.74) is 5.18. The number of sulfonamides is 1. The zero-order valence-corrected chi connectivity index (χ0v) is 12.4. The SMILES string of the molecule is NC(=O)CN(C1CCCC1)S(=O)(=O)c1cnccc1Cl. The van der Waals surface area contributed by atoms with Crippen LogP contribution in [-0.4, -0.2) is 36.2 Å². The second kappa shape index (κ2) is 6.07. The van der Waals surface area contributed by atoms with Gasteiger partial charge in [0.1, 0.15) is 4.90 Å². The van der Waals surface area contributed by atoms with Crippen LogP contribution in [0, 0.1) is 0 Å². The Morgan fingerprint density at radius 2 is 2.10 bits per heavy atom. The van der Waals surface area contributed by atoms with Crippen LogP contribution in [0.15, 0.2) is 23.4 Å². The van der Waals surface area contributed by atoms with Crippen molar-refractivity contribution >= 4 is 27.5 Å². The Kier molecular flexibility index (Phi) is 4.62. The van der Waals surface area contributed by atoms with Crippen molar-refractivity contribution in [2.45, 2.75) is 36.6 Å². The summed E-state index contributed by atoms with van der Waals surface area (Å²) in [6.45, 7) is -0.335. The smallest absolute Gasteiger partial charge is 0.246 e. The molecule has 1 amide bonds. The number of nitrogens with zero attached hydrogens (tertiary/aromatic N) is 2. The van der Waals surface area contributed by atoms with E-state index in [1.807, 2.05) is 0 Å². The molecule has 20 heavy (non-hydrogen) atoms. The van der Waals surface area contributed by atoms with Crippen LogP contribution >= 0.6 is 11.6 Å². The average Bonchev–Trinajstić information content (AvgIpc) is 2.89. The molecule has 1 saturated carbocycles. The van der Waals surface area contributed by atoms with Crippen molar-refractivity contribution < 1.29 is 13.2 Å². The molecule has 1 aliphatic carbocycles. The molecule has 1 aromatic rings. The van der Waals surface area contributed by atoms with Gasteiger partial charge in [0, 0.05) is 18.4 Å². The summed E-state index contributed by atoms with van der Waals surface area (Å²) < 4.78 is 26.5. The topological polar surface area (TPSA) is 93.4 Å². The van der Waals surface area contributed by atoms with Gasteiger partial charge in [-0.05, 0) is 18.9 Å². The van der Waals surface area contributed by atoms with Gasteiger partial charge in [-0.1, -0.05) is 24.4 Å². The summed E-state index contributed by atoms with van der Waals surface area (Å²) in [4.78, 5) is 14.9. The average molecular weight is 318 g/mol. The number of pyridine rings is 1. The van der Waals surface area contributed by atoms with E-state index < -0.39 is 15.9 Å². The quantitative estimate of drug-likeness (QED) is 0.881. The first kappa shape index (κ1) is 15.2.